The molecule has 2 amide bonds. The van der Waals surface area contributed by atoms with E-state index in [4.69, 9.17) is 0 Å². The summed E-state index contributed by atoms with van der Waals surface area (Å²) in [6.07, 6.45) is 5.61. The molecule has 1 aliphatic rings. The van der Waals surface area contributed by atoms with Gasteiger partial charge in [0.2, 0.25) is 21.8 Å². The van der Waals surface area contributed by atoms with Gasteiger partial charge in [0.1, 0.15) is 12.6 Å². The van der Waals surface area contributed by atoms with Gasteiger partial charge in [0.15, 0.2) is 0 Å². The van der Waals surface area contributed by atoms with Crippen molar-refractivity contribution in [2.45, 2.75) is 71.5 Å². The number of rotatable bonds is 10. The Kier molecular flexibility index (Phi) is 8.94. The molecular formula is C27H37N3O4S. The molecular weight excluding hydrogens is 462 g/mol. The predicted molar refractivity (Wildman–Crippen MR) is 140 cm³/mol. The van der Waals surface area contributed by atoms with Gasteiger partial charge in [-0.25, -0.2) is 8.42 Å². The van der Waals surface area contributed by atoms with E-state index in [-0.39, 0.29) is 25.0 Å². The Morgan fingerprint density at radius 3 is 2.34 bits per heavy atom. The van der Waals surface area contributed by atoms with Crippen LogP contribution >= 0.6 is 0 Å². The summed E-state index contributed by atoms with van der Waals surface area (Å²) in [7, 11) is -3.73. The number of benzene rings is 2. The highest BCUT2D eigenvalue weighted by Crippen LogP contribution is 2.24. The van der Waals surface area contributed by atoms with E-state index in [0.29, 0.717) is 12.1 Å². The van der Waals surface area contributed by atoms with Crippen molar-refractivity contribution >= 4 is 27.5 Å². The van der Waals surface area contributed by atoms with Gasteiger partial charge >= 0.3 is 0 Å². The number of anilines is 1. The summed E-state index contributed by atoms with van der Waals surface area (Å²) in [5, 5.41) is 3.12. The number of hydrogen-bond donors (Lipinski definition) is 1. The molecule has 8 heteroatoms. The van der Waals surface area contributed by atoms with E-state index in [1.165, 1.54) is 4.90 Å². The minimum Gasteiger partial charge on any atom is -0.352 e. The van der Waals surface area contributed by atoms with Crippen LogP contribution in [0.1, 0.15) is 55.7 Å². The molecule has 0 aromatic heterocycles. The van der Waals surface area contributed by atoms with E-state index in [0.717, 1.165) is 52.9 Å². The van der Waals surface area contributed by atoms with Crippen LogP contribution < -0.4 is 9.62 Å². The van der Waals surface area contributed by atoms with E-state index >= 15 is 0 Å². The van der Waals surface area contributed by atoms with Crippen molar-refractivity contribution in [1.29, 1.82) is 0 Å². The lowest BCUT2D eigenvalue weighted by atomic mass is 10.1. The van der Waals surface area contributed by atoms with Gasteiger partial charge in [0.05, 0.1) is 11.9 Å². The lowest BCUT2D eigenvalue weighted by Crippen LogP contribution is -2.53. The molecule has 1 aliphatic carbocycles. The lowest BCUT2D eigenvalue weighted by molar-refractivity contribution is -0.140. The summed E-state index contributed by atoms with van der Waals surface area (Å²) in [5.41, 5.74) is 3.16. The Morgan fingerprint density at radius 1 is 1.06 bits per heavy atom. The van der Waals surface area contributed by atoms with E-state index in [1.807, 2.05) is 57.2 Å². The molecule has 7 nitrogen and oxygen atoms in total. The number of amides is 2. The average Bonchev–Trinajstić information content (AvgIpc) is 3.30. The Bertz CT molecular complexity index is 1140. The first kappa shape index (κ1) is 26.7. The van der Waals surface area contributed by atoms with Crippen molar-refractivity contribution in [3.05, 3.63) is 65.2 Å². The number of carbonyl (C=O) groups excluding carboxylic acids is 2. The molecule has 1 fully saturated rings. The lowest BCUT2D eigenvalue weighted by Gasteiger charge is -2.33. The van der Waals surface area contributed by atoms with Crippen molar-refractivity contribution in [3.8, 4) is 0 Å². The first-order chi connectivity index (χ1) is 16.6. The van der Waals surface area contributed by atoms with Gasteiger partial charge in [0, 0.05) is 12.6 Å². The zero-order valence-corrected chi connectivity index (χ0v) is 22.0. The summed E-state index contributed by atoms with van der Waals surface area (Å²) in [6.45, 7) is 5.52. The Labute approximate surface area is 209 Å². The smallest absolute Gasteiger partial charge is 0.244 e. The molecule has 1 saturated carbocycles. The molecule has 0 spiro atoms. The number of carbonyl (C=O) groups is 2. The van der Waals surface area contributed by atoms with Crippen molar-refractivity contribution in [3.63, 3.8) is 0 Å². The molecule has 190 valence electrons. The van der Waals surface area contributed by atoms with Gasteiger partial charge < -0.3 is 10.2 Å². The van der Waals surface area contributed by atoms with E-state index in [1.54, 1.807) is 12.1 Å². The van der Waals surface area contributed by atoms with Crippen LogP contribution in [0.3, 0.4) is 0 Å². The molecule has 2 aromatic carbocycles. The van der Waals surface area contributed by atoms with Gasteiger partial charge in [-0.2, -0.15) is 0 Å². The second-order valence-electron chi connectivity index (χ2n) is 9.48. The summed E-state index contributed by atoms with van der Waals surface area (Å²) in [5.74, 6) is -0.587. The summed E-state index contributed by atoms with van der Waals surface area (Å²) in [4.78, 5) is 28.6. The van der Waals surface area contributed by atoms with Crippen LogP contribution in [0.15, 0.2) is 48.5 Å². The van der Waals surface area contributed by atoms with Crippen LogP contribution in [0.2, 0.25) is 0 Å². The van der Waals surface area contributed by atoms with Crippen molar-refractivity contribution < 1.29 is 18.0 Å². The summed E-state index contributed by atoms with van der Waals surface area (Å²) >= 11 is 0. The molecule has 0 saturated heterocycles. The fourth-order valence-corrected chi connectivity index (χ4v) is 5.64. The molecule has 0 heterocycles. The molecule has 1 unspecified atom stereocenters. The first-order valence-electron chi connectivity index (χ1n) is 12.3. The zero-order chi connectivity index (χ0) is 25.6. The highest BCUT2D eigenvalue weighted by Gasteiger charge is 2.33. The topological polar surface area (TPSA) is 86.8 Å². The minimum atomic E-state index is -3.73. The monoisotopic (exact) mass is 499 g/mol. The maximum atomic E-state index is 13.8. The number of nitrogens with one attached hydrogen (secondary N) is 1. The van der Waals surface area contributed by atoms with E-state index < -0.39 is 22.0 Å². The van der Waals surface area contributed by atoms with Gasteiger partial charge in [-0.1, -0.05) is 67.8 Å². The van der Waals surface area contributed by atoms with Gasteiger partial charge in [0.25, 0.3) is 0 Å². The second kappa shape index (κ2) is 11.7. The first-order valence-corrected chi connectivity index (χ1v) is 14.1. The van der Waals surface area contributed by atoms with E-state index in [2.05, 4.69) is 5.32 Å². The molecule has 0 aliphatic heterocycles. The van der Waals surface area contributed by atoms with Gasteiger partial charge in [-0.3, -0.25) is 13.9 Å². The van der Waals surface area contributed by atoms with Crippen LogP contribution in [0.4, 0.5) is 5.69 Å². The molecule has 0 bridgehead atoms. The molecule has 2 aromatic rings. The van der Waals surface area contributed by atoms with E-state index in [9.17, 15) is 18.0 Å². The second-order valence-corrected chi connectivity index (χ2v) is 11.4. The summed E-state index contributed by atoms with van der Waals surface area (Å²) in [6, 6.07) is 14.3. The number of para-hydroxylation sites is 1. The molecule has 3 rings (SSSR count). The van der Waals surface area contributed by atoms with Crippen molar-refractivity contribution in [2.24, 2.45) is 0 Å². The van der Waals surface area contributed by atoms with Crippen LogP contribution in [-0.4, -0.2) is 50.0 Å². The van der Waals surface area contributed by atoms with Gasteiger partial charge in [-0.05, 0) is 50.3 Å². The van der Waals surface area contributed by atoms with Crippen molar-refractivity contribution in [2.75, 3.05) is 17.1 Å². The number of aryl methyl sites for hydroxylation is 2. The SMILES string of the molecule is CCC(C(=O)NC1CCCC1)N(Cc1cccc(C)c1)C(=O)CN(c1ccccc1C)S(C)(=O)=O. The maximum Gasteiger partial charge on any atom is 0.244 e. The minimum absolute atomic E-state index is 0.131. The Balaban J connectivity index is 1.93. The third-order valence-electron chi connectivity index (χ3n) is 6.59. The standard InChI is InChI=1S/C27H37N3O4S/c1-5-24(27(32)28-23-14-7-8-15-23)29(18-22-13-10-11-20(2)17-22)26(31)19-30(35(4,33)34)25-16-9-6-12-21(25)3/h6,9-13,16-17,23-24H,5,7-8,14-15,18-19H2,1-4H3,(H,28,32). The number of nitrogens with zero attached hydrogens (tertiary/aromatic N) is 2. The molecule has 35 heavy (non-hydrogen) atoms. The van der Waals surface area contributed by atoms with Crippen LogP contribution in [-0.2, 0) is 26.2 Å². The average molecular weight is 500 g/mol. The fourth-order valence-electron chi connectivity index (χ4n) is 4.73. The largest absolute Gasteiger partial charge is 0.352 e. The summed E-state index contributed by atoms with van der Waals surface area (Å²) < 4.78 is 26.6. The van der Waals surface area contributed by atoms with Crippen molar-refractivity contribution in [1.82, 2.24) is 10.2 Å². The quantitative estimate of drug-likeness (QED) is 0.537. The zero-order valence-electron chi connectivity index (χ0n) is 21.2. The predicted octanol–water partition coefficient (Wildman–Crippen LogP) is 3.94. The Hall–Kier alpha value is -2.87. The van der Waals surface area contributed by atoms with Crippen LogP contribution in [0, 0.1) is 13.8 Å². The number of hydrogen-bond acceptors (Lipinski definition) is 4. The Morgan fingerprint density at radius 2 is 1.74 bits per heavy atom. The number of sulfonamides is 1. The van der Waals surface area contributed by atoms with Crippen LogP contribution in [0.5, 0.6) is 0 Å². The fraction of sp³-hybridized carbons (Fsp3) is 0.481. The highest BCUT2D eigenvalue weighted by molar-refractivity contribution is 7.92. The molecule has 0 radical (unpaired) electrons. The third kappa shape index (κ3) is 7.07. The maximum absolute atomic E-state index is 13.8. The van der Waals surface area contributed by atoms with Gasteiger partial charge in [-0.15, -0.1) is 0 Å². The molecule has 1 atom stereocenters. The highest BCUT2D eigenvalue weighted by atomic mass is 32.2. The van der Waals surface area contributed by atoms with Crippen LogP contribution in [0.25, 0.3) is 0 Å². The normalized spacial score (nSPS) is 15.0. The third-order valence-corrected chi connectivity index (χ3v) is 7.71. The molecule has 1 N–H and O–H groups in total.